The summed E-state index contributed by atoms with van der Waals surface area (Å²) in [6.07, 6.45) is 0. The third-order valence-electron chi connectivity index (χ3n) is 1.50. The molecule has 0 aliphatic rings. The van der Waals surface area contributed by atoms with E-state index < -0.39 is 5.78 Å². The maximum Gasteiger partial charge on any atom is 0.216 e. The molecule has 0 bridgehead atoms. The minimum Gasteiger partial charge on any atom is -0.511 e. The van der Waals surface area contributed by atoms with Gasteiger partial charge in [-0.3, -0.25) is 4.79 Å². The molecule has 0 unspecified atom stereocenters. The molecule has 0 aliphatic carbocycles. The molecule has 0 atom stereocenters. The van der Waals surface area contributed by atoms with Gasteiger partial charge in [-0.25, -0.2) is 0 Å². The van der Waals surface area contributed by atoms with Crippen molar-refractivity contribution in [2.75, 3.05) is 0 Å². The van der Waals surface area contributed by atoms with Crippen molar-refractivity contribution in [3.8, 4) is 6.07 Å². The zero-order chi connectivity index (χ0) is 10.7. The number of nitrogens with zero attached hydrogens (tertiary/aromatic N) is 1. The fraction of sp³-hybridized carbons (Fsp3) is 0.111. The first kappa shape index (κ1) is 10.8. The molecule has 0 amide bonds. The van der Waals surface area contributed by atoms with E-state index in [4.69, 9.17) is 22.0 Å². The van der Waals surface area contributed by atoms with Crippen molar-refractivity contribution in [3.63, 3.8) is 0 Å². The van der Waals surface area contributed by atoms with Crippen LogP contribution in [0, 0.1) is 11.3 Å². The number of aliphatic hydroxyl groups is 1. The molecule has 1 aromatic heterocycles. The molecule has 3 nitrogen and oxygen atoms in total. The third-order valence-corrected chi connectivity index (χ3v) is 2.73. The molecule has 1 aromatic rings. The van der Waals surface area contributed by atoms with Crippen LogP contribution in [0.3, 0.4) is 0 Å². The van der Waals surface area contributed by atoms with E-state index in [-0.39, 0.29) is 11.3 Å². The maximum absolute atomic E-state index is 11.5. The number of hydrogen-bond donors (Lipinski definition) is 1. The molecule has 14 heavy (non-hydrogen) atoms. The van der Waals surface area contributed by atoms with E-state index in [1.807, 2.05) is 0 Å². The highest BCUT2D eigenvalue weighted by molar-refractivity contribution is 7.18. The molecule has 5 heteroatoms. The molecule has 0 aliphatic heterocycles. The quantitative estimate of drug-likeness (QED) is 0.366. The summed E-state index contributed by atoms with van der Waals surface area (Å²) in [5.41, 5.74) is -0.247. The van der Waals surface area contributed by atoms with Crippen LogP contribution in [0.15, 0.2) is 23.5 Å². The van der Waals surface area contributed by atoms with Crippen LogP contribution < -0.4 is 0 Å². The van der Waals surface area contributed by atoms with Gasteiger partial charge in [0.1, 0.15) is 17.4 Å². The summed E-state index contributed by atoms with van der Waals surface area (Å²) in [6.45, 7) is 1.30. The van der Waals surface area contributed by atoms with E-state index in [9.17, 15) is 4.79 Å². The van der Waals surface area contributed by atoms with Gasteiger partial charge in [-0.05, 0) is 19.1 Å². The Hall–Kier alpha value is -1.31. The number of halogens is 1. The van der Waals surface area contributed by atoms with E-state index in [1.54, 1.807) is 12.1 Å². The first-order chi connectivity index (χ1) is 6.56. The summed E-state index contributed by atoms with van der Waals surface area (Å²) in [7, 11) is 0. The van der Waals surface area contributed by atoms with Gasteiger partial charge in [-0.15, -0.1) is 11.3 Å². The van der Waals surface area contributed by atoms with Crippen LogP contribution in [0.4, 0.5) is 0 Å². The number of rotatable bonds is 2. The number of carbonyl (C=O) groups excluding carboxylic acids is 1. The Morgan fingerprint density at radius 1 is 1.64 bits per heavy atom. The number of nitriles is 1. The van der Waals surface area contributed by atoms with Crippen LogP contribution in [0.5, 0.6) is 0 Å². The van der Waals surface area contributed by atoms with Crippen molar-refractivity contribution in [1.29, 1.82) is 5.26 Å². The Bertz CT molecular complexity index is 438. The molecule has 72 valence electrons. The first-order valence-corrected chi connectivity index (χ1v) is 4.85. The van der Waals surface area contributed by atoms with Crippen molar-refractivity contribution >= 4 is 28.7 Å². The van der Waals surface area contributed by atoms with E-state index in [0.29, 0.717) is 9.21 Å². The summed E-state index contributed by atoms with van der Waals surface area (Å²) in [4.78, 5) is 11.9. The second-order valence-electron chi connectivity index (χ2n) is 2.51. The highest BCUT2D eigenvalue weighted by atomic mass is 35.5. The summed E-state index contributed by atoms with van der Waals surface area (Å²) in [5.74, 6) is -0.772. The maximum atomic E-state index is 11.5. The molecule has 0 radical (unpaired) electrons. The second-order valence-corrected chi connectivity index (χ2v) is 4.22. The summed E-state index contributed by atoms with van der Waals surface area (Å²) >= 11 is 6.71. The number of Topliss-reactive ketones (excluding diaryl/α,β-unsaturated/α-hetero) is 1. The van der Waals surface area contributed by atoms with E-state index >= 15 is 0 Å². The highest BCUT2D eigenvalue weighted by Gasteiger charge is 2.16. The molecule has 1 heterocycles. The summed E-state index contributed by atoms with van der Waals surface area (Å²) in [6, 6.07) is 4.75. The van der Waals surface area contributed by atoms with Crippen molar-refractivity contribution in [1.82, 2.24) is 0 Å². The average molecular weight is 228 g/mol. The number of allylic oxidation sites excluding steroid dienone is 2. The van der Waals surface area contributed by atoms with Gasteiger partial charge in [-0.2, -0.15) is 5.26 Å². The smallest absolute Gasteiger partial charge is 0.216 e. The van der Waals surface area contributed by atoms with Crippen LogP contribution in [-0.4, -0.2) is 10.9 Å². The molecule has 0 saturated heterocycles. The summed E-state index contributed by atoms with van der Waals surface area (Å²) in [5, 5.41) is 17.7. The lowest BCUT2D eigenvalue weighted by Gasteiger charge is -1.95. The Labute approximate surface area is 89.9 Å². The van der Waals surface area contributed by atoms with Crippen molar-refractivity contribution in [3.05, 3.63) is 32.7 Å². The van der Waals surface area contributed by atoms with Crippen LogP contribution in [-0.2, 0) is 0 Å². The van der Waals surface area contributed by atoms with Crippen LogP contribution in [0.2, 0.25) is 4.34 Å². The van der Waals surface area contributed by atoms with E-state index in [2.05, 4.69) is 0 Å². The number of aliphatic hydroxyl groups excluding tert-OH is 1. The van der Waals surface area contributed by atoms with Gasteiger partial charge >= 0.3 is 0 Å². The molecular weight excluding hydrogens is 222 g/mol. The Morgan fingerprint density at radius 2 is 2.29 bits per heavy atom. The standard InChI is InChI=1S/C9H6ClNO2S/c1-5(12)6(4-11)9(13)7-2-3-8(10)14-7/h2-3,12H,1H3/b6-5-. The number of hydrogen-bond acceptors (Lipinski definition) is 4. The first-order valence-electron chi connectivity index (χ1n) is 3.66. The van der Waals surface area contributed by atoms with Gasteiger partial charge in [0.05, 0.1) is 9.21 Å². The highest BCUT2D eigenvalue weighted by Crippen LogP contribution is 2.24. The third kappa shape index (κ3) is 2.13. The van der Waals surface area contributed by atoms with Crippen LogP contribution in [0.1, 0.15) is 16.6 Å². The SMILES string of the molecule is C/C(O)=C(\C#N)C(=O)c1ccc(Cl)s1. The van der Waals surface area contributed by atoms with Gasteiger partial charge in [-0.1, -0.05) is 11.6 Å². The van der Waals surface area contributed by atoms with Gasteiger partial charge < -0.3 is 5.11 Å². The minimum absolute atomic E-state index is 0.247. The lowest BCUT2D eigenvalue weighted by molar-refractivity contribution is 0.103. The molecule has 0 fully saturated rings. The fourth-order valence-corrected chi connectivity index (χ4v) is 1.84. The number of thiophene rings is 1. The monoisotopic (exact) mass is 227 g/mol. The lowest BCUT2D eigenvalue weighted by Crippen LogP contribution is -2.01. The molecule has 0 saturated carbocycles. The zero-order valence-corrected chi connectivity index (χ0v) is 8.82. The Kier molecular flexibility index (Phi) is 3.28. The van der Waals surface area contributed by atoms with Gasteiger partial charge in [0.15, 0.2) is 0 Å². The van der Waals surface area contributed by atoms with E-state index in [0.717, 1.165) is 11.3 Å². The Balaban J connectivity index is 3.09. The van der Waals surface area contributed by atoms with Crippen molar-refractivity contribution < 1.29 is 9.90 Å². The lowest BCUT2D eigenvalue weighted by atomic mass is 10.1. The van der Waals surface area contributed by atoms with Gasteiger partial charge in [0, 0.05) is 0 Å². The second kappa shape index (κ2) is 4.27. The largest absolute Gasteiger partial charge is 0.511 e. The average Bonchev–Trinajstić information content (AvgIpc) is 2.52. The normalized spacial score (nSPS) is 11.8. The van der Waals surface area contributed by atoms with Crippen LogP contribution >= 0.6 is 22.9 Å². The molecule has 1 rings (SSSR count). The van der Waals surface area contributed by atoms with Crippen molar-refractivity contribution in [2.24, 2.45) is 0 Å². The van der Waals surface area contributed by atoms with Gasteiger partial charge in [0.25, 0.3) is 0 Å². The van der Waals surface area contributed by atoms with Crippen molar-refractivity contribution in [2.45, 2.75) is 6.92 Å². The number of ketones is 1. The fourth-order valence-electron chi connectivity index (χ4n) is 0.856. The van der Waals surface area contributed by atoms with E-state index in [1.165, 1.54) is 13.0 Å². The topological polar surface area (TPSA) is 61.1 Å². The Morgan fingerprint density at radius 3 is 2.64 bits per heavy atom. The number of carbonyl (C=O) groups is 1. The predicted octanol–water partition coefficient (Wildman–Crippen LogP) is 2.94. The van der Waals surface area contributed by atoms with Crippen LogP contribution in [0.25, 0.3) is 0 Å². The van der Waals surface area contributed by atoms with Gasteiger partial charge in [0.2, 0.25) is 5.78 Å². The zero-order valence-electron chi connectivity index (χ0n) is 7.24. The molecule has 1 N–H and O–H groups in total. The molecule has 0 spiro atoms. The predicted molar refractivity (Wildman–Crippen MR) is 54.6 cm³/mol. The molecule has 0 aromatic carbocycles. The molecular formula is C9H6ClNO2S. The minimum atomic E-state index is -0.496. The summed E-state index contributed by atoms with van der Waals surface area (Å²) < 4.78 is 0.473.